The van der Waals surface area contributed by atoms with Crippen LogP contribution in [0.25, 0.3) is 10.2 Å². The third kappa shape index (κ3) is 2.84. The first-order valence-corrected chi connectivity index (χ1v) is 7.66. The van der Waals surface area contributed by atoms with E-state index in [0.29, 0.717) is 17.2 Å². The van der Waals surface area contributed by atoms with E-state index in [0.717, 1.165) is 16.6 Å². The maximum atomic E-state index is 13.6. The number of fused-ring (bicyclic) bond motifs is 1. The number of rotatable bonds is 3. The van der Waals surface area contributed by atoms with Gasteiger partial charge in [-0.05, 0) is 42.6 Å². The summed E-state index contributed by atoms with van der Waals surface area (Å²) in [6.45, 7) is 3.76. The molecule has 0 aliphatic rings. The molecule has 3 rings (SSSR count). The molecule has 0 fully saturated rings. The molecule has 0 saturated carbocycles. The van der Waals surface area contributed by atoms with E-state index < -0.39 is 0 Å². The third-order valence-electron chi connectivity index (χ3n) is 3.09. The average Bonchev–Trinajstić information content (AvgIpc) is 2.86. The Morgan fingerprint density at radius 2 is 2.10 bits per heavy atom. The molecule has 0 unspecified atom stereocenters. The summed E-state index contributed by atoms with van der Waals surface area (Å²) in [6, 6.07) is 6.68. The maximum absolute atomic E-state index is 13.6. The zero-order valence-corrected chi connectivity index (χ0v) is 13.1. The van der Waals surface area contributed by atoms with Crippen molar-refractivity contribution in [1.82, 2.24) is 9.97 Å². The van der Waals surface area contributed by atoms with Gasteiger partial charge in [-0.25, -0.2) is 9.37 Å². The lowest BCUT2D eigenvalue weighted by Crippen LogP contribution is -1.92. The summed E-state index contributed by atoms with van der Waals surface area (Å²) in [7, 11) is 0. The van der Waals surface area contributed by atoms with Crippen LogP contribution in [0.2, 0.25) is 5.28 Å². The predicted octanol–water partition coefficient (Wildman–Crippen LogP) is 5.15. The van der Waals surface area contributed by atoms with Crippen molar-refractivity contribution in [1.29, 1.82) is 0 Å². The van der Waals surface area contributed by atoms with Crippen molar-refractivity contribution < 1.29 is 9.13 Å². The van der Waals surface area contributed by atoms with Crippen LogP contribution in [0.15, 0.2) is 24.3 Å². The zero-order valence-electron chi connectivity index (χ0n) is 11.5. The molecule has 0 atom stereocenters. The van der Waals surface area contributed by atoms with E-state index in [2.05, 4.69) is 16.9 Å². The predicted molar refractivity (Wildman–Crippen MR) is 83.0 cm³/mol. The van der Waals surface area contributed by atoms with Gasteiger partial charge in [0.15, 0.2) is 0 Å². The average molecular weight is 323 g/mol. The Labute approximate surface area is 130 Å². The number of thiophene rings is 1. The fourth-order valence-electron chi connectivity index (χ4n) is 1.92. The lowest BCUT2D eigenvalue weighted by Gasteiger charge is -2.07. The Morgan fingerprint density at radius 1 is 1.29 bits per heavy atom. The smallest absolute Gasteiger partial charge is 0.232 e. The van der Waals surface area contributed by atoms with Gasteiger partial charge in [-0.1, -0.05) is 13.0 Å². The molecule has 0 N–H and O–H groups in total. The molecule has 3 nitrogen and oxygen atoms in total. The van der Waals surface area contributed by atoms with Gasteiger partial charge in [0.1, 0.15) is 16.4 Å². The number of benzene rings is 1. The van der Waals surface area contributed by atoms with Crippen LogP contribution < -0.4 is 4.74 Å². The van der Waals surface area contributed by atoms with E-state index in [4.69, 9.17) is 16.3 Å². The molecule has 1 aromatic carbocycles. The van der Waals surface area contributed by atoms with Gasteiger partial charge in [0, 0.05) is 10.9 Å². The van der Waals surface area contributed by atoms with Crippen molar-refractivity contribution in [3.8, 4) is 11.6 Å². The first kappa shape index (κ1) is 14.2. The molecular formula is C15H12ClFN2OS. The van der Waals surface area contributed by atoms with Gasteiger partial charge in [-0.2, -0.15) is 4.98 Å². The standard InChI is InChI=1S/C15H12ClFN2OS/c1-3-10-7-11-13(18-15(16)19-14(11)21-10)20-9-5-4-8(2)12(17)6-9/h4-7H,3H2,1-2H3. The van der Waals surface area contributed by atoms with Crippen LogP contribution in [-0.2, 0) is 6.42 Å². The van der Waals surface area contributed by atoms with Crippen molar-refractivity contribution in [3.63, 3.8) is 0 Å². The van der Waals surface area contributed by atoms with E-state index in [9.17, 15) is 4.39 Å². The van der Waals surface area contributed by atoms with Gasteiger partial charge in [0.25, 0.3) is 0 Å². The molecule has 0 aliphatic heterocycles. The number of aryl methyl sites for hydroxylation is 2. The highest BCUT2D eigenvalue weighted by molar-refractivity contribution is 7.18. The fourth-order valence-corrected chi connectivity index (χ4v) is 3.09. The van der Waals surface area contributed by atoms with Crippen LogP contribution in [0.1, 0.15) is 17.4 Å². The number of hydrogen-bond donors (Lipinski definition) is 0. The monoisotopic (exact) mass is 322 g/mol. The number of aromatic nitrogens is 2. The molecule has 0 saturated heterocycles. The quantitative estimate of drug-likeness (QED) is 0.626. The van der Waals surface area contributed by atoms with E-state index in [1.54, 1.807) is 30.4 Å². The first-order valence-electron chi connectivity index (χ1n) is 6.46. The summed E-state index contributed by atoms with van der Waals surface area (Å²) in [5, 5.41) is 0.914. The van der Waals surface area contributed by atoms with Gasteiger partial charge in [-0.15, -0.1) is 11.3 Å². The molecule has 21 heavy (non-hydrogen) atoms. The van der Waals surface area contributed by atoms with Gasteiger partial charge >= 0.3 is 0 Å². The summed E-state index contributed by atoms with van der Waals surface area (Å²) >= 11 is 7.48. The Hall–Kier alpha value is -1.72. The van der Waals surface area contributed by atoms with Gasteiger partial charge < -0.3 is 4.74 Å². The highest BCUT2D eigenvalue weighted by atomic mass is 35.5. The minimum Gasteiger partial charge on any atom is -0.438 e. The van der Waals surface area contributed by atoms with E-state index in [-0.39, 0.29) is 11.1 Å². The summed E-state index contributed by atoms with van der Waals surface area (Å²) < 4.78 is 19.3. The molecular weight excluding hydrogens is 311 g/mol. The second-order valence-corrected chi connectivity index (χ2v) is 6.05. The molecule has 0 amide bonds. The second kappa shape index (κ2) is 5.58. The largest absolute Gasteiger partial charge is 0.438 e. The van der Waals surface area contributed by atoms with Gasteiger partial charge in [-0.3, -0.25) is 0 Å². The summed E-state index contributed by atoms with van der Waals surface area (Å²) in [5.41, 5.74) is 0.567. The van der Waals surface area contributed by atoms with Crippen LogP contribution in [0, 0.1) is 12.7 Å². The minimum absolute atomic E-state index is 0.120. The van der Waals surface area contributed by atoms with Crippen LogP contribution in [0.4, 0.5) is 4.39 Å². The van der Waals surface area contributed by atoms with Crippen LogP contribution in [-0.4, -0.2) is 9.97 Å². The SMILES string of the molecule is CCc1cc2c(Oc3ccc(C)c(F)c3)nc(Cl)nc2s1. The first-order chi connectivity index (χ1) is 10.1. The van der Waals surface area contributed by atoms with Crippen LogP contribution in [0.5, 0.6) is 11.6 Å². The third-order valence-corrected chi connectivity index (χ3v) is 4.43. The molecule has 2 aromatic heterocycles. The molecule has 0 aliphatic carbocycles. The molecule has 0 spiro atoms. The lowest BCUT2D eigenvalue weighted by atomic mass is 10.2. The van der Waals surface area contributed by atoms with E-state index in [1.807, 2.05) is 6.07 Å². The minimum atomic E-state index is -0.316. The normalized spacial score (nSPS) is 11.0. The molecule has 0 bridgehead atoms. The Bertz CT molecular complexity index is 819. The number of hydrogen-bond acceptors (Lipinski definition) is 4. The second-order valence-electron chi connectivity index (χ2n) is 4.60. The van der Waals surface area contributed by atoms with Crippen molar-refractivity contribution in [2.24, 2.45) is 0 Å². The topological polar surface area (TPSA) is 35.0 Å². The van der Waals surface area contributed by atoms with Crippen LogP contribution in [0.3, 0.4) is 0 Å². The van der Waals surface area contributed by atoms with Crippen molar-refractivity contribution in [3.05, 3.63) is 45.8 Å². The molecule has 2 heterocycles. The lowest BCUT2D eigenvalue weighted by molar-refractivity contribution is 0.463. The summed E-state index contributed by atoms with van der Waals surface area (Å²) in [5.74, 6) is 0.422. The Morgan fingerprint density at radius 3 is 2.81 bits per heavy atom. The molecule has 6 heteroatoms. The molecule has 108 valence electrons. The molecule has 3 aromatic rings. The summed E-state index contributed by atoms with van der Waals surface area (Å²) in [4.78, 5) is 10.3. The van der Waals surface area contributed by atoms with Crippen LogP contribution >= 0.6 is 22.9 Å². The van der Waals surface area contributed by atoms with Gasteiger partial charge in [0.2, 0.25) is 11.2 Å². The number of nitrogens with zero attached hydrogens (tertiary/aromatic N) is 2. The Kier molecular flexibility index (Phi) is 3.78. The fraction of sp³-hybridized carbons (Fsp3) is 0.200. The van der Waals surface area contributed by atoms with Crippen molar-refractivity contribution >= 4 is 33.2 Å². The van der Waals surface area contributed by atoms with Crippen molar-refractivity contribution in [2.75, 3.05) is 0 Å². The number of halogens is 2. The Balaban J connectivity index is 2.06. The maximum Gasteiger partial charge on any atom is 0.232 e. The van der Waals surface area contributed by atoms with Gasteiger partial charge in [0.05, 0.1) is 5.39 Å². The van der Waals surface area contributed by atoms with E-state index in [1.165, 1.54) is 10.9 Å². The van der Waals surface area contributed by atoms with E-state index >= 15 is 0 Å². The number of ether oxygens (including phenoxy) is 1. The zero-order chi connectivity index (χ0) is 15.0. The van der Waals surface area contributed by atoms with Crippen molar-refractivity contribution in [2.45, 2.75) is 20.3 Å². The summed E-state index contributed by atoms with van der Waals surface area (Å²) in [6.07, 6.45) is 0.900. The molecule has 0 radical (unpaired) electrons. The highest BCUT2D eigenvalue weighted by Crippen LogP contribution is 2.34. The highest BCUT2D eigenvalue weighted by Gasteiger charge is 2.13.